The van der Waals surface area contributed by atoms with Crippen LogP contribution in [0.1, 0.15) is 29.4 Å². The molecular weight excluding hydrogens is 348 g/mol. The number of nitrogens with zero attached hydrogens (tertiary/aromatic N) is 1. The Morgan fingerprint density at radius 3 is 2.71 bits per heavy atom. The van der Waals surface area contributed by atoms with Crippen LogP contribution in [0, 0.1) is 5.92 Å². The first-order chi connectivity index (χ1) is 13.7. The van der Waals surface area contributed by atoms with Crippen molar-refractivity contribution in [3.63, 3.8) is 0 Å². The van der Waals surface area contributed by atoms with Gasteiger partial charge in [-0.25, -0.2) is 0 Å². The lowest BCUT2D eigenvalue weighted by Crippen LogP contribution is -2.38. The zero-order chi connectivity index (χ0) is 19.5. The van der Waals surface area contributed by atoms with E-state index in [1.165, 1.54) is 11.1 Å². The van der Waals surface area contributed by atoms with Gasteiger partial charge in [-0.1, -0.05) is 36.4 Å². The number of hydrogen-bond donors (Lipinski definition) is 1. The standard InChI is InChI=1S/C24H26N2O2/c1-3-18-16-26(15-17-8-10-20(28-2)11-9-17)13-12-21(18)24(27)23-14-19-6-4-5-7-22(19)25-23/h3-11,14,21,25H,12-13,15-16H2,1-2H3/b18-3-/t21-/m1/s1. The summed E-state index contributed by atoms with van der Waals surface area (Å²) in [5.74, 6) is 1.04. The van der Waals surface area contributed by atoms with Gasteiger partial charge < -0.3 is 9.72 Å². The molecule has 0 radical (unpaired) electrons. The molecule has 1 aliphatic rings. The van der Waals surface area contributed by atoms with Crippen LogP contribution in [0.25, 0.3) is 10.9 Å². The lowest BCUT2D eigenvalue weighted by atomic mass is 9.86. The van der Waals surface area contributed by atoms with Crippen molar-refractivity contribution in [2.75, 3.05) is 20.2 Å². The first-order valence-corrected chi connectivity index (χ1v) is 9.80. The topological polar surface area (TPSA) is 45.3 Å². The largest absolute Gasteiger partial charge is 0.497 e. The fourth-order valence-electron chi connectivity index (χ4n) is 4.05. The van der Waals surface area contributed by atoms with Crippen LogP contribution in [-0.4, -0.2) is 35.9 Å². The summed E-state index contributed by atoms with van der Waals surface area (Å²) in [6, 6.07) is 18.2. The van der Waals surface area contributed by atoms with E-state index >= 15 is 0 Å². The minimum Gasteiger partial charge on any atom is -0.497 e. The number of carbonyl (C=O) groups excluding carboxylic acids is 1. The number of benzene rings is 2. The number of aromatic nitrogens is 1. The number of ether oxygens (including phenoxy) is 1. The maximum absolute atomic E-state index is 13.2. The van der Waals surface area contributed by atoms with Crippen molar-refractivity contribution >= 4 is 16.7 Å². The van der Waals surface area contributed by atoms with Gasteiger partial charge in [0.15, 0.2) is 5.78 Å². The van der Waals surface area contributed by atoms with Gasteiger partial charge in [-0.15, -0.1) is 0 Å². The molecule has 3 aromatic rings. The van der Waals surface area contributed by atoms with Gasteiger partial charge in [0, 0.05) is 29.9 Å². The van der Waals surface area contributed by atoms with Gasteiger partial charge in [0.1, 0.15) is 5.75 Å². The van der Waals surface area contributed by atoms with E-state index in [1.54, 1.807) is 7.11 Å². The van der Waals surface area contributed by atoms with Gasteiger partial charge in [-0.3, -0.25) is 9.69 Å². The lowest BCUT2D eigenvalue weighted by Gasteiger charge is -2.33. The van der Waals surface area contributed by atoms with Gasteiger partial charge in [0.25, 0.3) is 0 Å². The number of para-hydroxylation sites is 1. The van der Waals surface area contributed by atoms with E-state index in [0.717, 1.165) is 42.7 Å². The summed E-state index contributed by atoms with van der Waals surface area (Å²) < 4.78 is 5.23. The summed E-state index contributed by atoms with van der Waals surface area (Å²) in [6.07, 6.45) is 2.97. The number of H-pyrrole nitrogens is 1. The monoisotopic (exact) mass is 374 g/mol. The molecule has 28 heavy (non-hydrogen) atoms. The van der Waals surface area contributed by atoms with Crippen molar-refractivity contribution in [2.45, 2.75) is 19.9 Å². The van der Waals surface area contributed by atoms with E-state index in [4.69, 9.17) is 4.74 Å². The summed E-state index contributed by atoms with van der Waals surface area (Å²) in [6.45, 7) is 4.67. The van der Waals surface area contributed by atoms with Gasteiger partial charge in [0.05, 0.1) is 12.8 Å². The lowest BCUT2D eigenvalue weighted by molar-refractivity contribution is 0.0893. The number of nitrogens with one attached hydrogen (secondary N) is 1. The number of piperidine rings is 1. The molecule has 0 saturated carbocycles. The summed E-state index contributed by atoms with van der Waals surface area (Å²) in [5.41, 5.74) is 4.21. The number of rotatable bonds is 5. The Labute approximate surface area is 165 Å². The van der Waals surface area contributed by atoms with Crippen LogP contribution in [-0.2, 0) is 6.54 Å². The Hall–Kier alpha value is -2.85. The number of carbonyl (C=O) groups is 1. The van der Waals surface area contributed by atoms with E-state index in [2.05, 4.69) is 28.1 Å². The molecule has 0 spiro atoms. The quantitative estimate of drug-likeness (QED) is 0.514. The molecular formula is C24H26N2O2. The van der Waals surface area contributed by atoms with Crippen LogP contribution in [0.15, 0.2) is 66.2 Å². The van der Waals surface area contributed by atoms with E-state index in [0.29, 0.717) is 5.69 Å². The Morgan fingerprint density at radius 1 is 1.21 bits per heavy atom. The Kier molecular flexibility index (Phi) is 5.31. The molecule has 1 atom stereocenters. The second-order valence-corrected chi connectivity index (χ2v) is 7.40. The maximum atomic E-state index is 13.2. The highest BCUT2D eigenvalue weighted by molar-refractivity contribution is 6.02. The number of methoxy groups -OCH3 is 1. The molecule has 1 N–H and O–H groups in total. The number of allylic oxidation sites excluding steroid dienone is 1. The molecule has 1 fully saturated rings. The number of aromatic amines is 1. The van der Waals surface area contributed by atoms with Crippen molar-refractivity contribution in [3.8, 4) is 5.75 Å². The zero-order valence-electron chi connectivity index (χ0n) is 16.4. The molecule has 0 aliphatic carbocycles. The van der Waals surface area contributed by atoms with Crippen molar-refractivity contribution in [1.29, 1.82) is 0 Å². The highest BCUT2D eigenvalue weighted by atomic mass is 16.5. The number of fused-ring (bicyclic) bond motifs is 1. The fourth-order valence-corrected chi connectivity index (χ4v) is 4.05. The van der Waals surface area contributed by atoms with E-state index in [9.17, 15) is 4.79 Å². The minimum atomic E-state index is -0.0369. The van der Waals surface area contributed by atoms with Crippen molar-refractivity contribution in [1.82, 2.24) is 9.88 Å². The molecule has 1 saturated heterocycles. The zero-order valence-corrected chi connectivity index (χ0v) is 16.4. The molecule has 0 unspecified atom stereocenters. The summed E-state index contributed by atoms with van der Waals surface area (Å²) in [4.78, 5) is 18.9. The van der Waals surface area contributed by atoms with Crippen LogP contribution in [0.5, 0.6) is 5.75 Å². The van der Waals surface area contributed by atoms with Crippen molar-refractivity contribution in [3.05, 3.63) is 77.5 Å². The van der Waals surface area contributed by atoms with Crippen LogP contribution < -0.4 is 4.74 Å². The molecule has 1 aromatic heterocycles. The third kappa shape index (κ3) is 3.73. The van der Waals surface area contributed by atoms with Crippen LogP contribution in [0.4, 0.5) is 0 Å². The highest BCUT2D eigenvalue weighted by Gasteiger charge is 2.30. The highest BCUT2D eigenvalue weighted by Crippen LogP contribution is 2.29. The molecule has 4 heteroatoms. The summed E-state index contributed by atoms with van der Waals surface area (Å²) in [5, 5.41) is 1.09. The number of likely N-dealkylation sites (tertiary alicyclic amines) is 1. The molecule has 4 rings (SSSR count). The molecule has 4 nitrogen and oxygen atoms in total. The van der Waals surface area contributed by atoms with Crippen LogP contribution >= 0.6 is 0 Å². The smallest absolute Gasteiger partial charge is 0.186 e. The number of hydrogen-bond acceptors (Lipinski definition) is 3. The van der Waals surface area contributed by atoms with Gasteiger partial charge in [-0.05, 0) is 55.3 Å². The Balaban J connectivity index is 1.46. The van der Waals surface area contributed by atoms with Crippen molar-refractivity contribution < 1.29 is 9.53 Å². The first kappa shape index (κ1) is 18.5. The van der Waals surface area contributed by atoms with Gasteiger partial charge in [0.2, 0.25) is 0 Å². The predicted octanol–water partition coefficient (Wildman–Crippen LogP) is 4.83. The SMILES string of the molecule is C/C=C1/CN(Cc2ccc(OC)cc2)CC[C@H]1C(=O)c1cc2ccccc2[nH]1. The Bertz CT molecular complexity index is 968. The number of ketones is 1. The average Bonchev–Trinajstić information content (AvgIpc) is 3.18. The predicted molar refractivity (Wildman–Crippen MR) is 113 cm³/mol. The van der Waals surface area contributed by atoms with Crippen LogP contribution in [0.3, 0.4) is 0 Å². The first-order valence-electron chi connectivity index (χ1n) is 9.80. The second kappa shape index (κ2) is 8.03. The minimum absolute atomic E-state index is 0.0369. The molecule has 1 aliphatic heterocycles. The summed E-state index contributed by atoms with van der Waals surface area (Å²) in [7, 11) is 1.68. The number of Topliss-reactive ketones (excluding diaryl/α,β-unsaturated/α-hetero) is 1. The van der Waals surface area contributed by atoms with Gasteiger partial charge in [-0.2, -0.15) is 0 Å². The molecule has 0 bridgehead atoms. The molecule has 144 valence electrons. The fraction of sp³-hybridized carbons (Fsp3) is 0.292. The third-order valence-electron chi connectivity index (χ3n) is 5.64. The molecule has 0 amide bonds. The average molecular weight is 374 g/mol. The van der Waals surface area contributed by atoms with E-state index in [-0.39, 0.29) is 11.7 Å². The third-order valence-corrected chi connectivity index (χ3v) is 5.64. The Morgan fingerprint density at radius 2 is 2.00 bits per heavy atom. The molecule has 2 heterocycles. The van der Waals surface area contributed by atoms with E-state index in [1.807, 2.05) is 49.4 Å². The molecule has 2 aromatic carbocycles. The summed E-state index contributed by atoms with van der Waals surface area (Å²) >= 11 is 0. The second-order valence-electron chi connectivity index (χ2n) is 7.40. The van der Waals surface area contributed by atoms with E-state index < -0.39 is 0 Å². The normalized spacial score (nSPS) is 19.2. The van der Waals surface area contributed by atoms with Crippen molar-refractivity contribution in [2.24, 2.45) is 5.92 Å². The van der Waals surface area contributed by atoms with Gasteiger partial charge >= 0.3 is 0 Å². The van der Waals surface area contributed by atoms with Crippen LogP contribution in [0.2, 0.25) is 0 Å². The maximum Gasteiger partial charge on any atom is 0.186 e.